The molecule has 0 saturated carbocycles. The topological polar surface area (TPSA) is 88.4 Å². The standard InChI is InChI=1S/C16H24N2O4/c19-14(17-11-5-1-2-10-16(21)22)8-3-6-12-18-13-7-4-9-15(18)20/h4,7,9,13H,1-3,5-6,8,10-12H2,(H,17,19)(H,21,22). The van der Waals surface area contributed by atoms with Crippen molar-refractivity contribution in [3.63, 3.8) is 0 Å². The molecule has 0 aliphatic rings. The van der Waals surface area contributed by atoms with Crippen molar-refractivity contribution in [3.05, 3.63) is 34.7 Å². The average Bonchev–Trinajstić information content (AvgIpc) is 2.48. The number of nitrogens with zero attached hydrogens (tertiary/aromatic N) is 1. The van der Waals surface area contributed by atoms with Gasteiger partial charge < -0.3 is 15.0 Å². The quantitative estimate of drug-likeness (QED) is 0.610. The molecule has 0 radical (unpaired) electrons. The SMILES string of the molecule is O=C(O)CCCCCNC(=O)CCCCn1ccccc1=O. The number of carbonyl (C=O) groups is 2. The minimum Gasteiger partial charge on any atom is -0.481 e. The maximum atomic E-state index is 11.6. The highest BCUT2D eigenvalue weighted by molar-refractivity contribution is 5.75. The van der Waals surface area contributed by atoms with E-state index in [0.717, 1.165) is 25.7 Å². The number of pyridine rings is 1. The van der Waals surface area contributed by atoms with E-state index in [1.165, 1.54) is 6.07 Å². The van der Waals surface area contributed by atoms with E-state index in [1.807, 2.05) is 6.07 Å². The van der Waals surface area contributed by atoms with E-state index < -0.39 is 5.97 Å². The molecular formula is C16H24N2O4. The number of hydrogen-bond acceptors (Lipinski definition) is 3. The number of rotatable bonds is 11. The Balaban J connectivity index is 2.01. The molecule has 1 heterocycles. The van der Waals surface area contributed by atoms with Crippen LogP contribution in [0.15, 0.2) is 29.2 Å². The summed E-state index contributed by atoms with van der Waals surface area (Å²) in [6.45, 7) is 1.22. The van der Waals surface area contributed by atoms with Gasteiger partial charge in [-0.3, -0.25) is 14.4 Å². The van der Waals surface area contributed by atoms with Gasteiger partial charge in [0.1, 0.15) is 0 Å². The van der Waals surface area contributed by atoms with Crippen LogP contribution in [0, 0.1) is 0 Å². The maximum Gasteiger partial charge on any atom is 0.303 e. The van der Waals surface area contributed by atoms with Crippen LogP contribution in [-0.2, 0) is 16.1 Å². The Morgan fingerprint density at radius 3 is 2.55 bits per heavy atom. The normalized spacial score (nSPS) is 10.4. The number of carboxylic acid groups (broad SMARTS) is 1. The van der Waals surface area contributed by atoms with Crippen molar-refractivity contribution in [2.75, 3.05) is 6.54 Å². The predicted molar refractivity (Wildman–Crippen MR) is 83.7 cm³/mol. The summed E-state index contributed by atoms with van der Waals surface area (Å²) in [4.78, 5) is 33.4. The van der Waals surface area contributed by atoms with Crippen LogP contribution in [0.25, 0.3) is 0 Å². The lowest BCUT2D eigenvalue weighted by Crippen LogP contribution is -2.24. The molecule has 0 spiro atoms. The van der Waals surface area contributed by atoms with Crippen LogP contribution in [0.4, 0.5) is 0 Å². The molecule has 122 valence electrons. The summed E-state index contributed by atoms with van der Waals surface area (Å²) < 4.78 is 1.64. The Morgan fingerprint density at radius 2 is 1.82 bits per heavy atom. The summed E-state index contributed by atoms with van der Waals surface area (Å²) in [6, 6.07) is 5.05. The molecule has 6 heteroatoms. The van der Waals surface area contributed by atoms with Crippen molar-refractivity contribution in [1.82, 2.24) is 9.88 Å². The molecule has 6 nitrogen and oxygen atoms in total. The van der Waals surface area contributed by atoms with E-state index in [-0.39, 0.29) is 17.9 Å². The van der Waals surface area contributed by atoms with E-state index in [0.29, 0.717) is 25.9 Å². The number of nitrogens with one attached hydrogen (secondary N) is 1. The number of aliphatic carboxylic acids is 1. The van der Waals surface area contributed by atoms with E-state index in [2.05, 4.69) is 5.32 Å². The number of aromatic nitrogens is 1. The molecule has 0 saturated heterocycles. The van der Waals surface area contributed by atoms with Crippen molar-refractivity contribution >= 4 is 11.9 Å². The fourth-order valence-corrected chi connectivity index (χ4v) is 2.11. The molecule has 0 unspecified atom stereocenters. The van der Waals surface area contributed by atoms with E-state index in [1.54, 1.807) is 16.8 Å². The summed E-state index contributed by atoms with van der Waals surface area (Å²) in [5.41, 5.74) is -0.0201. The summed E-state index contributed by atoms with van der Waals surface area (Å²) in [7, 11) is 0. The Labute approximate surface area is 130 Å². The Kier molecular flexibility index (Phi) is 8.64. The van der Waals surface area contributed by atoms with Gasteiger partial charge in [-0.2, -0.15) is 0 Å². The van der Waals surface area contributed by atoms with Gasteiger partial charge in [-0.1, -0.05) is 12.5 Å². The lowest BCUT2D eigenvalue weighted by molar-refractivity contribution is -0.137. The Hall–Kier alpha value is -2.11. The zero-order chi connectivity index (χ0) is 16.2. The molecule has 1 aromatic heterocycles. The van der Waals surface area contributed by atoms with Gasteiger partial charge in [0.2, 0.25) is 11.5 Å². The molecule has 0 bridgehead atoms. The summed E-state index contributed by atoms with van der Waals surface area (Å²) >= 11 is 0. The van der Waals surface area contributed by atoms with Crippen molar-refractivity contribution in [2.24, 2.45) is 0 Å². The molecule has 0 aliphatic heterocycles. The third-order valence-corrected chi connectivity index (χ3v) is 3.34. The molecule has 22 heavy (non-hydrogen) atoms. The summed E-state index contributed by atoms with van der Waals surface area (Å²) in [6.07, 6.45) is 6.18. The van der Waals surface area contributed by atoms with Crippen LogP contribution in [0.3, 0.4) is 0 Å². The lowest BCUT2D eigenvalue weighted by Gasteiger charge is -2.06. The lowest BCUT2D eigenvalue weighted by atomic mass is 10.2. The second-order valence-corrected chi connectivity index (χ2v) is 5.24. The second kappa shape index (κ2) is 10.6. The van der Waals surface area contributed by atoms with Gasteiger partial charge in [0.05, 0.1) is 0 Å². The molecule has 2 N–H and O–H groups in total. The first-order valence-corrected chi connectivity index (χ1v) is 7.73. The number of amides is 1. The van der Waals surface area contributed by atoms with Crippen LogP contribution in [0.1, 0.15) is 44.9 Å². The van der Waals surface area contributed by atoms with E-state index >= 15 is 0 Å². The predicted octanol–water partition coefficient (Wildman–Crippen LogP) is 1.78. The van der Waals surface area contributed by atoms with E-state index in [9.17, 15) is 14.4 Å². The van der Waals surface area contributed by atoms with Crippen molar-refractivity contribution in [3.8, 4) is 0 Å². The maximum absolute atomic E-state index is 11.6. The largest absolute Gasteiger partial charge is 0.481 e. The van der Waals surface area contributed by atoms with Crippen molar-refractivity contribution < 1.29 is 14.7 Å². The minimum atomic E-state index is -0.776. The third kappa shape index (κ3) is 8.24. The number of carbonyl (C=O) groups excluding carboxylic acids is 1. The molecule has 1 rings (SSSR count). The molecule has 0 aromatic carbocycles. The highest BCUT2D eigenvalue weighted by atomic mass is 16.4. The van der Waals surface area contributed by atoms with Crippen LogP contribution in [0.5, 0.6) is 0 Å². The van der Waals surface area contributed by atoms with Crippen molar-refractivity contribution in [2.45, 2.75) is 51.5 Å². The molecule has 0 atom stereocenters. The number of hydrogen-bond donors (Lipinski definition) is 2. The van der Waals surface area contributed by atoms with Gasteiger partial charge >= 0.3 is 5.97 Å². The molecular weight excluding hydrogens is 284 g/mol. The van der Waals surface area contributed by atoms with Gasteiger partial charge in [0.15, 0.2) is 0 Å². The van der Waals surface area contributed by atoms with Gasteiger partial charge in [-0.15, -0.1) is 0 Å². The van der Waals surface area contributed by atoms with Gasteiger partial charge in [0, 0.05) is 38.2 Å². The zero-order valence-electron chi connectivity index (χ0n) is 12.8. The zero-order valence-corrected chi connectivity index (χ0v) is 12.8. The first-order chi connectivity index (χ1) is 10.6. The fraction of sp³-hybridized carbons (Fsp3) is 0.562. The van der Waals surface area contributed by atoms with Crippen molar-refractivity contribution in [1.29, 1.82) is 0 Å². The Morgan fingerprint density at radius 1 is 1.05 bits per heavy atom. The number of aryl methyl sites for hydroxylation is 1. The average molecular weight is 308 g/mol. The van der Waals surface area contributed by atoms with Crippen LogP contribution >= 0.6 is 0 Å². The third-order valence-electron chi connectivity index (χ3n) is 3.34. The van der Waals surface area contributed by atoms with Crippen LogP contribution < -0.4 is 10.9 Å². The smallest absolute Gasteiger partial charge is 0.303 e. The summed E-state index contributed by atoms with van der Waals surface area (Å²) in [5.74, 6) is -0.764. The molecule has 1 amide bonds. The van der Waals surface area contributed by atoms with Gasteiger partial charge in [-0.05, 0) is 31.7 Å². The van der Waals surface area contributed by atoms with Gasteiger partial charge in [0.25, 0.3) is 0 Å². The van der Waals surface area contributed by atoms with Crippen LogP contribution in [0.2, 0.25) is 0 Å². The highest BCUT2D eigenvalue weighted by Crippen LogP contribution is 2.00. The molecule has 0 aliphatic carbocycles. The first kappa shape index (κ1) is 17.9. The monoisotopic (exact) mass is 308 g/mol. The fourth-order valence-electron chi connectivity index (χ4n) is 2.11. The highest BCUT2D eigenvalue weighted by Gasteiger charge is 2.02. The second-order valence-electron chi connectivity index (χ2n) is 5.24. The van der Waals surface area contributed by atoms with Gasteiger partial charge in [-0.25, -0.2) is 0 Å². The molecule has 1 aromatic rings. The number of carboxylic acids is 1. The molecule has 0 fully saturated rings. The Bertz CT molecular complexity index is 525. The minimum absolute atomic E-state index is 0.0126. The summed E-state index contributed by atoms with van der Waals surface area (Å²) in [5, 5.41) is 11.3. The van der Waals surface area contributed by atoms with Crippen LogP contribution in [-0.4, -0.2) is 28.1 Å². The first-order valence-electron chi connectivity index (χ1n) is 7.73. The number of unbranched alkanes of at least 4 members (excludes halogenated alkanes) is 3. The van der Waals surface area contributed by atoms with E-state index in [4.69, 9.17) is 5.11 Å².